The molecule has 0 spiro atoms. The van der Waals surface area contributed by atoms with Gasteiger partial charge in [0.25, 0.3) is 5.91 Å². The van der Waals surface area contributed by atoms with Crippen LogP contribution in [0.1, 0.15) is 45.5 Å². The molecule has 4 rings (SSSR count). The number of carbonyl (C=O) groups is 2. The minimum absolute atomic E-state index is 0.0849. The summed E-state index contributed by atoms with van der Waals surface area (Å²) in [4.78, 5) is 32.9. The molecule has 8 heteroatoms. The second-order valence-corrected chi connectivity index (χ2v) is 8.03. The Balaban J connectivity index is 1.50. The normalized spacial score (nSPS) is 16.7. The second-order valence-electron chi connectivity index (χ2n) is 7.06. The van der Waals surface area contributed by atoms with Gasteiger partial charge in [-0.2, -0.15) is 5.10 Å². The molecule has 1 aliphatic rings. The summed E-state index contributed by atoms with van der Waals surface area (Å²) in [6, 6.07) is 5.82. The minimum atomic E-state index is -0.521. The summed E-state index contributed by atoms with van der Waals surface area (Å²) >= 11 is 1.65. The quantitative estimate of drug-likeness (QED) is 0.631. The summed E-state index contributed by atoms with van der Waals surface area (Å²) in [5, 5.41) is 7.03. The molecule has 1 fully saturated rings. The highest BCUT2D eigenvalue weighted by molar-refractivity contribution is 7.10. The standard InChI is InChI=1S/C20H22N4O3S/c1-12-10-14(18-13(2)22-23(3)19(18)21-12)20(26)27-11-17(25)24-8-4-6-15(24)16-7-5-9-28-16/h5,7,9-10,15H,4,6,8,11H2,1-3H3. The lowest BCUT2D eigenvalue weighted by molar-refractivity contribution is -0.135. The first kappa shape index (κ1) is 18.6. The van der Waals surface area contributed by atoms with Crippen LogP contribution in [0.15, 0.2) is 23.6 Å². The number of pyridine rings is 1. The summed E-state index contributed by atoms with van der Waals surface area (Å²) in [6.45, 7) is 4.08. The molecular weight excluding hydrogens is 376 g/mol. The molecule has 1 saturated heterocycles. The van der Waals surface area contributed by atoms with Gasteiger partial charge in [-0.15, -0.1) is 11.3 Å². The van der Waals surface area contributed by atoms with Crippen LogP contribution >= 0.6 is 11.3 Å². The van der Waals surface area contributed by atoms with Crippen molar-refractivity contribution in [1.82, 2.24) is 19.7 Å². The lowest BCUT2D eigenvalue weighted by Gasteiger charge is -2.23. The molecule has 1 atom stereocenters. The Kier molecular flexibility index (Phi) is 4.89. The van der Waals surface area contributed by atoms with E-state index in [1.807, 2.05) is 30.2 Å². The number of fused-ring (bicyclic) bond motifs is 1. The maximum absolute atomic E-state index is 12.7. The van der Waals surface area contributed by atoms with E-state index in [1.54, 1.807) is 29.1 Å². The molecule has 0 saturated carbocycles. The Labute approximate surface area is 166 Å². The fourth-order valence-electron chi connectivity index (χ4n) is 3.86. The molecule has 0 N–H and O–H groups in total. The molecule has 7 nitrogen and oxygen atoms in total. The smallest absolute Gasteiger partial charge is 0.339 e. The minimum Gasteiger partial charge on any atom is -0.452 e. The third-order valence-electron chi connectivity index (χ3n) is 5.09. The van der Waals surface area contributed by atoms with Crippen LogP contribution in [0.3, 0.4) is 0 Å². The van der Waals surface area contributed by atoms with Crippen molar-refractivity contribution in [3.8, 4) is 0 Å². The van der Waals surface area contributed by atoms with Gasteiger partial charge < -0.3 is 9.64 Å². The molecule has 28 heavy (non-hydrogen) atoms. The number of amides is 1. The number of rotatable bonds is 4. The first-order valence-corrected chi connectivity index (χ1v) is 10.1. The van der Waals surface area contributed by atoms with Crippen molar-refractivity contribution >= 4 is 34.2 Å². The SMILES string of the molecule is Cc1cc(C(=O)OCC(=O)N2CCCC2c2cccs2)c2c(C)nn(C)c2n1. The number of hydrogen-bond donors (Lipinski definition) is 0. The van der Waals surface area contributed by atoms with Crippen molar-refractivity contribution in [3.05, 3.63) is 45.4 Å². The third-order valence-corrected chi connectivity index (χ3v) is 6.06. The van der Waals surface area contributed by atoms with Crippen LogP contribution in [-0.4, -0.2) is 44.7 Å². The summed E-state index contributed by atoms with van der Waals surface area (Å²) in [6.07, 6.45) is 1.90. The van der Waals surface area contributed by atoms with Gasteiger partial charge in [0.05, 0.1) is 22.7 Å². The molecule has 1 amide bonds. The predicted octanol–water partition coefficient (Wildman–Crippen LogP) is 3.17. The second kappa shape index (κ2) is 7.35. The maximum atomic E-state index is 12.7. The van der Waals surface area contributed by atoms with E-state index in [0.717, 1.165) is 12.8 Å². The topological polar surface area (TPSA) is 77.3 Å². The summed E-state index contributed by atoms with van der Waals surface area (Å²) in [5.74, 6) is -0.680. The zero-order valence-corrected chi connectivity index (χ0v) is 17.0. The van der Waals surface area contributed by atoms with Gasteiger partial charge in [-0.3, -0.25) is 9.48 Å². The van der Waals surface area contributed by atoms with Gasteiger partial charge in [-0.05, 0) is 44.2 Å². The number of hydrogen-bond acceptors (Lipinski definition) is 6. The highest BCUT2D eigenvalue weighted by Crippen LogP contribution is 2.34. The molecule has 0 radical (unpaired) electrons. The monoisotopic (exact) mass is 398 g/mol. The van der Waals surface area contributed by atoms with Crippen LogP contribution < -0.4 is 0 Å². The number of thiophene rings is 1. The van der Waals surface area contributed by atoms with Crippen molar-refractivity contribution < 1.29 is 14.3 Å². The van der Waals surface area contributed by atoms with Crippen LogP contribution in [-0.2, 0) is 16.6 Å². The predicted molar refractivity (Wildman–Crippen MR) is 106 cm³/mol. The number of ether oxygens (including phenoxy) is 1. The molecule has 0 bridgehead atoms. The average molecular weight is 398 g/mol. The van der Waals surface area contributed by atoms with Gasteiger partial charge in [0.15, 0.2) is 12.3 Å². The lowest BCUT2D eigenvalue weighted by Crippen LogP contribution is -2.34. The van der Waals surface area contributed by atoms with Crippen molar-refractivity contribution in [3.63, 3.8) is 0 Å². The van der Waals surface area contributed by atoms with Gasteiger partial charge in [-0.1, -0.05) is 6.07 Å². The Morgan fingerprint density at radius 2 is 2.18 bits per heavy atom. The highest BCUT2D eigenvalue weighted by Gasteiger charge is 2.31. The van der Waals surface area contributed by atoms with Crippen LogP contribution in [0, 0.1) is 13.8 Å². The van der Waals surface area contributed by atoms with E-state index in [0.29, 0.717) is 34.5 Å². The maximum Gasteiger partial charge on any atom is 0.339 e. The van der Waals surface area contributed by atoms with Gasteiger partial charge in [0.2, 0.25) is 0 Å². The number of aromatic nitrogens is 3. The zero-order chi connectivity index (χ0) is 19.8. The lowest BCUT2D eigenvalue weighted by atomic mass is 10.1. The van der Waals surface area contributed by atoms with E-state index < -0.39 is 5.97 Å². The summed E-state index contributed by atoms with van der Waals surface area (Å²) < 4.78 is 7.05. The van der Waals surface area contributed by atoms with E-state index in [1.165, 1.54) is 4.88 Å². The van der Waals surface area contributed by atoms with Crippen LogP contribution in [0.4, 0.5) is 0 Å². The molecular formula is C20H22N4O3S. The zero-order valence-electron chi connectivity index (χ0n) is 16.1. The number of esters is 1. The highest BCUT2D eigenvalue weighted by atomic mass is 32.1. The van der Waals surface area contributed by atoms with E-state index in [9.17, 15) is 9.59 Å². The largest absolute Gasteiger partial charge is 0.452 e. The number of likely N-dealkylation sites (tertiary alicyclic amines) is 1. The Morgan fingerprint density at radius 1 is 1.36 bits per heavy atom. The van der Waals surface area contributed by atoms with Gasteiger partial charge in [0.1, 0.15) is 0 Å². The van der Waals surface area contributed by atoms with Crippen molar-refractivity contribution in [2.75, 3.05) is 13.2 Å². The van der Waals surface area contributed by atoms with Crippen LogP contribution in [0.25, 0.3) is 11.0 Å². The van der Waals surface area contributed by atoms with E-state index in [4.69, 9.17) is 4.74 Å². The molecule has 0 aromatic carbocycles. The molecule has 3 aromatic rings. The van der Waals surface area contributed by atoms with E-state index in [-0.39, 0.29) is 18.6 Å². The molecule has 3 aromatic heterocycles. The van der Waals surface area contributed by atoms with Gasteiger partial charge in [0, 0.05) is 24.2 Å². The number of carbonyl (C=O) groups excluding carboxylic acids is 2. The first-order valence-electron chi connectivity index (χ1n) is 9.26. The Bertz CT molecular complexity index is 1040. The van der Waals surface area contributed by atoms with E-state index in [2.05, 4.69) is 16.1 Å². The Hall–Kier alpha value is -2.74. The van der Waals surface area contributed by atoms with Crippen molar-refractivity contribution in [1.29, 1.82) is 0 Å². The summed E-state index contributed by atoms with van der Waals surface area (Å²) in [5.41, 5.74) is 2.44. The summed E-state index contributed by atoms with van der Waals surface area (Å²) in [7, 11) is 1.79. The molecule has 1 aliphatic heterocycles. The average Bonchev–Trinajstić information content (AvgIpc) is 3.39. The molecule has 1 unspecified atom stereocenters. The molecule has 146 valence electrons. The van der Waals surface area contributed by atoms with E-state index >= 15 is 0 Å². The van der Waals surface area contributed by atoms with Crippen molar-refractivity contribution in [2.45, 2.75) is 32.7 Å². The van der Waals surface area contributed by atoms with Crippen LogP contribution in [0.5, 0.6) is 0 Å². The number of aryl methyl sites for hydroxylation is 3. The fraction of sp³-hybridized carbons (Fsp3) is 0.400. The fourth-order valence-corrected chi connectivity index (χ4v) is 4.73. The van der Waals surface area contributed by atoms with Crippen LogP contribution in [0.2, 0.25) is 0 Å². The number of nitrogens with zero attached hydrogens (tertiary/aromatic N) is 4. The Morgan fingerprint density at radius 3 is 2.93 bits per heavy atom. The van der Waals surface area contributed by atoms with Crippen molar-refractivity contribution in [2.24, 2.45) is 7.05 Å². The third kappa shape index (κ3) is 3.28. The van der Waals surface area contributed by atoms with Gasteiger partial charge in [-0.25, -0.2) is 9.78 Å². The first-order chi connectivity index (χ1) is 13.5. The van der Waals surface area contributed by atoms with Gasteiger partial charge >= 0.3 is 5.97 Å². The molecule has 4 heterocycles. The molecule has 0 aliphatic carbocycles.